The van der Waals surface area contributed by atoms with Crippen molar-refractivity contribution >= 4 is 33.9 Å². The predicted octanol–water partition coefficient (Wildman–Crippen LogP) is 2.53. The van der Waals surface area contributed by atoms with Crippen molar-refractivity contribution in [3.8, 4) is 16.9 Å². The molecule has 1 aliphatic heterocycles. The monoisotopic (exact) mass is 391 g/mol. The molecule has 1 aliphatic rings. The number of nitrogen functional groups attached to an aromatic ring is 1. The molecule has 0 aliphatic carbocycles. The van der Waals surface area contributed by atoms with Gasteiger partial charge in [-0.15, -0.1) is 12.4 Å². The minimum absolute atomic E-state index is 0. The van der Waals surface area contributed by atoms with Crippen molar-refractivity contribution in [2.75, 3.05) is 5.73 Å². The van der Waals surface area contributed by atoms with Crippen molar-refractivity contribution in [1.82, 2.24) is 9.78 Å². The third kappa shape index (κ3) is 2.63. The fourth-order valence-electron chi connectivity index (χ4n) is 3.08. The molecule has 3 N–H and O–H groups in total. The average Bonchev–Trinajstić information content (AvgIpc) is 2.94. The van der Waals surface area contributed by atoms with Crippen LogP contribution >= 0.6 is 12.4 Å². The van der Waals surface area contributed by atoms with Crippen molar-refractivity contribution in [3.63, 3.8) is 0 Å². The van der Waals surface area contributed by atoms with Gasteiger partial charge in [0.15, 0.2) is 15.5 Å². The van der Waals surface area contributed by atoms with E-state index in [9.17, 15) is 18.3 Å². The predicted molar refractivity (Wildman–Crippen MR) is 98.5 cm³/mol. The van der Waals surface area contributed by atoms with Crippen LogP contribution in [0.4, 0.5) is 5.69 Å². The summed E-state index contributed by atoms with van der Waals surface area (Å²) < 4.78 is 26.6. The zero-order chi connectivity index (χ0) is 17.8. The van der Waals surface area contributed by atoms with E-state index in [1.54, 1.807) is 42.5 Å². The SMILES string of the molecule is Cl.Nc1cccc(-n2nc(C(=O)O)c3c2-c2ccccc2S(=O)(=O)C3)c1. The van der Waals surface area contributed by atoms with E-state index in [1.165, 1.54) is 10.7 Å². The summed E-state index contributed by atoms with van der Waals surface area (Å²) in [7, 11) is -3.63. The third-order valence-electron chi connectivity index (χ3n) is 4.11. The van der Waals surface area contributed by atoms with Gasteiger partial charge in [0.1, 0.15) is 0 Å². The minimum Gasteiger partial charge on any atom is -0.476 e. The van der Waals surface area contributed by atoms with Gasteiger partial charge in [0, 0.05) is 16.8 Å². The molecule has 2 aromatic carbocycles. The van der Waals surface area contributed by atoms with E-state index in [4.69, 9.17) is 5.73 Å². The van der Waals surface area contributed by atoms with Gasteiger partial charge < -0.3 is 10.8 Å². The maximum Gasteiger partial charge on any atom is 0.356 e. The molecule has 0 saturated heterocycles. The van der Waals surface area contributed by atoms with Crippen molar-refractivity contribution in [1.29, 1.82) is 0 Å². The Morgan fingerprint density at radius 3 is 2.58 bits per heavy atom. The number of carboxylic acids is 1. The third-order valence-corrected chi connectivity index (χ3v) is 5.81. The van der Waals surface area contributed by atoms with Crippen LogP contribution < -0.4 is 5.73 Å². The first-order valence-electron chi connectivity index (χ1n) is 7.42. The Balaban J connectivity index is 0.00000196. The zero-order valence-corrected chi connectivity index (χ0v) is 14.9. The Hall–Kier alpha value is -2.84. The molecule has 0 unspecified atom stereocenters. The van der Waals surface area contributed by atoms with E-state index < -0.39 is 21.6 Å². The molecule has 0 fully saturated rings. The molecule has 4 rings (SSSR count). The molecule has 9 heteroatoms. The summed E-state index contributed by atoms with van der Waals surface area (Å²) in [5.41, 5.74) is 7.71. The normalized spacial score (nSPS) is 14.0. The smallest absolute Gasteiger partial charge is 0.356 e. The van der Waals surface area contributed by atoms with E-state index in [2.05, 4.69) is 5.10 Å². The first-order chi connectivity index (χ1) is 11.9. The van der Waals surface area contributed by atoms with Crippen LogP contribution in [0.2, 0.25) is 0 Å². The number of aromatic nitrogens is 2. The quantitative estimate of drug-likeness (QED) is 0.648. The number of fused-ring (bicyclic) bond motifs is 3. The maximum absolute atomic E-state index is 12.6. The molecule has 1 aromatic heterocycles. The lowest BCUT2D eigenvalue weighted by Gasteiger charge is -2.18. The fraction of sp³-hybridized carbons (Fsp3) is 0.0588. The number of hydrogen-bond donors (Lipinski definition) is 2. The fourth-order valence-corrected chi connectivity index (χ4v) is 4.67. The minimum atomic E-state index is -3.63. The molecule has 26 heavy (non-hydrogen) atoms. The van der Waals surface area contributed by atoms with Gasteiger partial charge in [-0.05, 0) is 24.3 Å². The number of carbonyl (C=O) groups is 1. The second kappa shape index (κ2) is 6.15. The topological polar surface area (TPSA) is 115 Å². The van der Waals surface area contributed by atoms with Crippen molar-refractivity contribution in [3.05, 3.63) is 59.8 Å². The van der Waals surface area contributed by atoms with Gasteiger partial charge in [0.2, 0.25) is 0 Å². The number of nitrogens with zero attached hydrogens (tertiary/aromatic N) is 2. The van der Waals surface area contributed by atoms with Crippen LogP contribution in [0.15, 0.2) is 53.4 Å². The van der Waals surface area contributed by atoms with Gasteiger partial charge in [-0.25, -0.2) is 17.9 Å². The molecule has 2 heterocycles. The summed E-state index contributed by atoms with van der Waals surface area (Å²) in [6.45, 7) is 0. The molecule has 0 radical (unpaired) electrons. The van der Waals surface area contributed by atoms with Gasteiger partial charge in [-0.2, -0.15) is 5.10 Å². The lowest BCUT2D eigenvalue weighted by Crippen LogP contribution is -2.15. The number of rotatable bonds is 2. The van der Waals surface area contributed by atoms with Crippen LogP contribution in [-0.4, -0.2) is 29.3 Å². The highest BCUT2D eigenvalue weighted by Crippen LogP contribution is 2.40. The standard InChI is InChI=1S/C17H13N3O4S.ClH/c18-10-4-3-5-11(8-10)20-16-12-6-1-2-7-14(12)25(23,24)9-13(16)15(19-20)17(21)22;/h1-8H,9,18H2,(H,21,22);1H. The Morgan fingerprint density at radius 1 is 1.15 bits per heavy atom. The van der Waals surface area contributed by atoms with Crippen molar-refractivity contribution < 1.29 is 18.3 Å². The number of benzene rings is 2. The van der Waals surface area contributed by atoms with Crippen LogP contribution in [-0.2, 0) is 15.6 Å². The lowest BCUT2D eigenvalue weighted by atomic mass is 10.1. The van der Waals surface area contributed by atoms with Gasteiger partial charge in [-0.3, -0.25) is 0 Å². The van der Waals surface area contributed by atoms with E-state index in [-0.39, 0.29) is 28.6 Å². The molecule has 0 bridgehead atoms. The average molecular weight is 392 g/mol. The number of anilines is 1. The molecular weight excluding hydrogens is 378 g/mol. The highest BCUT2D eigenvalue weighted by atomic mass is 35.5. The molecule has 0 saturated carbocycles. The number of sulfone groups is 1. The maximum atomic E-state index is 12.6. The summed E-state index contributed by atoms with van der Waals surface area (Å²) in [6.07, 6.45) is 0. The summed E-state index contributed by atoms with van der Waals surface area (Å²) in [5.74, 6) is -1.67. The number of carboxylic acid groups (broad SMARTS) is 1. The second-order valence-electron chi connectivity index (χ2n) is 5.74. The van der Waals surface area contributed by atoms with Crippen LogP contribution in [0.25, 0.3) is 16.9 Å². The molecular formula is C17H14ClN3O4S. The van der Waals surface area contributed by atoms with E-state index >= 15 is 0 Å². The van der Waals surface area contributed by atoms with Crippen LogP contribution in [0.5, 0.6) is 0 Å². The zero-order valence-electron chi connectivity index (χ0n) is 13.3. The first-order valence-corrected chi connectivity index (χ1v) is 9.07. The Morgan fingerprint density at radius 2 is 1.88 bits per heavy atom. The van der Waals surface area contributed by atoms with E-state index in [0.29, 0.717) is 22.6 Å². The number of halogens is 1. The van der Waals surface area contributed by atoms with Gasteiger partial charge in [-0.1, -0.05) is 24.3 Å². The van der Waals surface area contributed by atoms with Gasteiger partial charge >= 0.3 is 5.97 Å². The highest BCUT2D eigenvalue weighted by Gasteiger charge is 2.35. The number of hydrogen-bond acceptors (Lipinski definition) is 5. The summed E-state index contributed by atoms with van der Waals surface area (Å²) >= 11 is 0. The largest absolute Gasteiger partial charge is 0.476 e. The second-order valence-corrected chi connectivity index (χ2v) is 7.70. The van der Waals surface area contributed by atoms with Gasteiger partial charge in [0.05, 0.1) is 22.0 Å². The van der Waals surface area contributed by atoms with Crippen molar-refractivity contribution in [2.24, 2.45) is 0 Å². The Bertz CT molecular complexity index is 1140. The van der Waals surface area contributed by atoms with Crippen LogP contribution in [0, 0.1) is 0 Å². The van der Waals surface area contributed by atoms with Crippen molar-refractivity contribution in [2.45, 2.75) is 10.6 Å². The van der Waals surface area contributed by atoms with Crippen LogP contribution in [0.3, 0.4) is 0 Å². The number of aromatic carboxylic acids is 1. The van der Waals surface area contributed by atoms with E-state index in [0.717, 1.165) is 0 Å². The summed E-state index contributed by atoms with van der Waals surface area (Å²) in [5, 5.41) is 13.6. The van der Waals surface area contributed by atoms with E-state index in [1.807, 2.05) is 0 Å². The van der Waals surface area contributed by atoms with Crippen LogP contribution in [0.1, 0.15) is 16.1 Å². The lowest BCUT2D eigenvalue weighted by molar-refractivity contribution is 0.0689. The molecule has 3 aromatic rings. The molecule has 0 atom stereocenters. The summed E-state index contributed by atoms with van der Waals surface area (Å²) in [4.78, 5) is 11.8. The van der Waals surface area contributed by atoms with Gasteiger partial charge in [0.25, 0.3) is 0 Å². The number of nitrogens with two attached hydrogens (primary N) is 1. The molecule has 0 spiro atoms. The molecule has 134 valence electrons. The Labute approximate surface area is 155 Å². The first kappa shape index (κ1) is 18.0. The molecule has 0 amide bonds. The summed E-state index contributed by atoms with van der Waals surface area (Å²) in [6, 6.07) is 13.3. The Kier molecular flexibility index (Phi) is 4.25. The highest BCUT2D eigenvalue weighted by molar-refractivity contribution is 7.90. The molecule has 7 nitrogen and oxygen atoms in total.